The van der Waals surface area contributed by atoms with E-state index in [1.807, 2.05) is 30.3 Å². The lowest BCUT2D eigenvalue weighted by molar-refractivity contribution is 0.631. The van der Waals surface area contributed by atoms with Gasteiger partial charge in [-0.1, -0.05) is 36.4 Å². The highest BCUT2D eigenvalue weighted by Crippen LogP contribution is 2.33. The lowest BCUT2D eigenvalue weighted by atomic mass is 9.94. The van der Waals surface area contributed by atoms with Crippen molar-refractivity contribution in [3.05, 3.63) is 78.9 Å². The summed E-state index contributed by atoms with van der Waals surface area (Å²) in [6, 6.07) is 12.9. The van der Waals surface area contributed by atoms with Crippen molar-refractivity contribution in [2.45, 2.75) is 6.92 Å². The van der Waals surface area contributed by atoms with Crippen LogP contribution in [0.2, 0.25) is 0 Å². The average molecular weight is 357 g/mol. The third-order valence-corrected chi connectivity index (χ3v) is 4.28. The van der Waals surface area contributed by atoms with Crippen molar-refractivity contribution >= 4 is 5.95 Å². The topological polar surface area (TPSA) is 77.6 Å². The van der Waals surface area contributed by atoms with Crippen molar-refractivity contribution in [2.24, 2.45) is 0 Å². The average Bonchev–Trinajstić information content (AvgIpc) is 2.69. The molecule has 0 spiro atoms. The Morgan fingerprint density at radius 2 is 1.26 bits per heavy atom. The van der Waals surface area contributed by atoms with E-state index in [0.717, 1.165) is 22.3 Å². The van der Waals surface area contributed by atoms with Gasteiger partial charge in [0.05, 0.1) is 0 Å². The van der Waals surface area contributed by atoms with Gasteiger partial charge in [0.2, 0.25) is 5.95 Å². The lowest BCUT2D eigenvalue weighted by Gasteiger charge is -2.11. The molecule has 0 amide bonds. The number of aromatic nitrogens is 4. The van der Waals surface area contributed by atoms with E-state index in [4.69, 9.17) is 5.73 Å². The second-order valence-electron chi connectivity index (χ2n) is 6.09. The Morgan fingerprint density at radius 1 is 0.704 bits per heavy atom. The second-order valence-corrected chi connectivity index (χ2v) is 6.09. The largest absolute Gasteiger partial charge is 0.368 e. The highest BCUT2D eigenvalue weighted by atomic mass is 19.1. The molecule has 2 heterocycles. The van der Waals surface area contributed by atoms with Gasteiger partial charge in [0.1, 0.15) is 11.6 Å². The summed E-state index contributed by atoms with van der Waals surface area (Å²) in [4.78, 5) is 16.4. The van der Waals surface area contributed by atoms with Crippen LogP contribution in [0.25, 0.3) is 33.4 Å². The third kappa shape index (κ3) is 3.37. The lowest BCUT2D eigenvalue weighted by Crippen LogP contribution is -1.95. The molecule has 2 aromatic carbocycles. The van der Waals surface area contributed by atoms with E-state index in [1.165, 1.54) is 6.07 Å². The van der Waals surface area contributed by atoms with E-state index in [0.29, 0.717) is 17.0 Å². The molecule has 6 heteroatoms. The fourth-order valence-corrected chi connectivity index (χ4v) is 2.91. The maximum absolute atomic E-state index is 14.8. The zero-order chi connectivity index (χ0) is 18.8. The van der Waals surface area contributed by atoms with Gasteiger partial charge < -0.3 is 5.73 Å². The zero-order valence-corrected chi connectivity index (χ0v) is 14.6. The molecule has 2 aromatic heterocycles. The first-order chi connectivity index (χ1) is 13.1. The zero-order valence-electron chi connectivity index (χ0n) is 14.6. The van der Waals surface area contributed by atoms with E-state index in [9.17, 15) is 4.39 Å². The molecule has 0 radical (unpaired) electrons. The molecule has 0 fully saturated rings. The van der Waals surface area contributed by atoms with Crippen LogP contribution >= 0.6 is 0 Å². The van der Waals surface area contributed by atoms with Crippen LogP contribution in [-0.2, 0) is 0 Å². The van der Waals surface area contributed by atoms with Gasteiger partial charge in [0.25, 0.3) is 0 Å². The monoisotopic (exact) mass is 357 g/mol. The summed E-state index contributed by atoms with van der Waals surface area (Å²) >= 11 is 0. The Morgan fingerprint density at radius 3 is 1.89 bits per heavy atom. The maximum atomic E-state index is 14.8. The highest BCUT2D eigenvalue weighted by Gasteiger charge is 2.12. The number of aryl methyl sites for hydroxylation is 1. The summed E-state index contributed by atoms with van der Waals surface area (Å²) in [7, 11) is 0. The van der Waals surface area contributed by atoms with Crippen LogP contribution in [-0.4, -0.2) is 19.9 Å². The number of benzene rings is 2. The van der Waals surface area contributed by atoms with E-state index >= 15 is 0 Å². The Balaban J connectivity index is 1.78. The van der Waals surface area contributed by atoms with Gasteiger partial charge in [-0.3, -0.25) is 0 Å². The van der Waals surface area contributed by atoms with Gasteiger partial charge in [-0.25, -0.2) is 24.3 Å². The second kappa shape index (κ2) is 6.92. The Hall–Kier alpha value is -3.67. The molecule has 132 valence electrons. The molecule has 0 saturated carbocycles. The van der Waals surface area contributed by atoms with Crippen LogP contribution in [0.5, 0.6) is 0 Å². The van der Waals surface area contributed by atoms with Crippen LogP contribution in [0.1, 0.15) is 5.82 Å². The van der Waals surface area contributed by atoms with Gasteiger partial charge in [-0.15, -0.1) is 0 Å². The van der Waals surface area contributed by atoms with Crippen LogP contribution in [0.15, 0.2) is 67.3 Å². The van der Waals surface area contributed by atoms with Gasteiger partial charge in [-0.05, 0) is 29.7 Å². The first-order valence-electron chi connectivity index (χ1n) is 8.37. The van der Waals surface area contributed by atoms with Crippen LogP contribution in [0, 0.1) is 12.7 Å². The number of hydrogen-bond acceptors (Lipinski definition) is 5. The van der Waals surface area contributed by atoms with E-state index < -0.39 is 0 Å². The summed E-state index contributed by atoms with van der Waals surface area (Å²) in [5, 5.41) is 0. The van der Waals surface area contributed by atoms with E-state index in [-0.39, 0.29) is 11.8 Å². The van der Waals surface area contributed by atoms with Crippen LogP contribution in [0.3, 0.4) is 0 Å². The summed E-state index contributed by atoms with van der Waals surface area (Å²) in [6.45, 7) is 1.79. The van der Waals surface area contributed by atoms with Crippen molar-refractivity contribution in [1.29, 1.82) is 0 Å². The summed E-state index contributed by atoms with van der Waals surface area (Å²) in [6.07, 6.45) is 6.57. The smallest absolute Gasteiger partial charge is 0.219 e. The predicted octanol–water partition coefficient (Wildman–Crippen LogP) is 4.30. The van der Waals surface area contributed by atoms with Crippen LogP contribution in [0.4, 0.5) is 10.3 Å². The van der Waals surface area contributed by atoms with Gasteiger partial charge >= 0.3 is 0 Å². The number of halogens is 1. The van der Waals surface area contributed by atoms with Crippen molar-refractivity contribution in [3.63, 3.8) is 0 Å². The molecule has 27 heavy (non-hydrogen) atoms. The molecule has 4 aromatic rings. The number of nitrogens with zero attached hydrogens (tertiary/aromatic N) is 4. The summed E-state index contributed by atoms with van der Waals surface area (Å²) in [5.74, 6) is 0.533. The fraction of sp³-hybridized carbons (Fsp3) is 0.0476. The van der Waals surface area contributed by atoms with Gasteiger partial charge in [0, 0.05) is 41.5 Å². The molecule has 0 aliphatic carbocycles. The number of hydrogen-bond donors (Lipinski definition) is 1. The highest BCUT2D eigenvalue weighted by molar-refractivity contribution is 5.84. The first kappa shape index (κ1) is 16.8. The summed E-state index contributed by atoms with van der Waals surface area (Å²) in [5.41, 5.74) is 10.0. The normalized spacial score (nSPS) is 10.7. The van der Waals surface area contributed by atoms with Crippen molar-refractivity contribution < 1.29 is 4.39 Å². The van der Waals surface area contributed by atoms with Crippen molar-refractivity contribution in [1.82, 2.24) is 19.9 Å². The van der Waals surface area contributed by atoms with Gasteiger partial charge in [-0.2, -0.15) is 0 Å². The molecular weight excluding hydrogens is 341 g/mol. The molecule has 0 aliphatic rings. The van der Waals surface area contributed by atoms with Gasteiger partial charge in [0.15, 0.2) is 0 Å². The molecule has 0 aliphatic heterocycles. The number of nitrogen functional groups attached to an aromatic ring is 1. The molecule has 0 bridgehead atoms. The standard InChI is InChI=1S/C21H16FN5/c1-13-24-9-16(10-25-13)19-7-6-14(8-20(19)22)17-4-2-3-5-18(17)15-11-26-21(23)27-12-15/h2-12H,1H3,(H2,23,26,27). The van der Waals surface area contributed by atoms with Crippen LogP contribution < -0.4 is 5.73 Å². The SMILES string of the molecule is Cc1ncc(-c2ccc(-c3ccccc3-c3cnc(N)nc3)cc2F)cn1. The minimum Gasteiger partial charge on any atom is -0.368 e. The molecule has 0 unspecified atom stereocenters. The van der Waals surface area contributed by atoms with E-state index in [2.05, 4.69) is 19.9 Å². The molecule has 5 nitrogen and oxygen atoms in total. The van der Waals surface area contributed by atoms with Crippen molar-refractivity contribution in [2.75, 3.05) is 5.73 Å². The third-order valence-electron chi connectivity index (χ3n) is 4.28. The minimum absolute atomic E-state index is 0.215. The maximum Gasteiger partial charge on any atom is 0.219 e. The number of rotatable bonds is 3. The van der Waals surface area contributed by atoms with E-state index in [1.54, 1.807) is 37.8 Å². The molecular formula is C21H16FN5. The summed E-state index contributed by atoms with van der Waals surface area (Å²) < 4.78 is 14.8. The molecule has 0 atom stereocenters. The number of anilines is 1. The van der Waals surface area contributed by atoms with Crippen molar-refractivity contribution in [3.8, 4) is 33.4 Å². The minimum atomic E-state index is -0.330. The Bertz CT molecular complexity index is 1090. The Labute approximate surface area is 155 Å². The molecule has 4 rings (SSSR count). The Kier molecular flexibility index (Phi) is 4.30. The first-order valence-corrected chi connectivity index (χ1v) is 8.37. The fourth-order valence-electron chi connectivity index (χ4n) is 2.91. The predicted molar refractivity (Wildman–Crippen MR) is 103 cm³/mol. The quantitative estimate of drug-likeness (QED) is 0.591. The molecule has 0 saturated heterocycles. The molecule has 2 N–H and O–H groups in total. The number of nitrogens with two attached hydrogens (primary N) is 1.